The summed E-state index contributed by atoms with van der Waals surface area (Å²) in [6.45, 7) is 1.89. The summed E-state index contributed by atoms with van der Waals surface area (Å²) in [5, 5.41) is 9.93. The second-order valence-electron chi connectivity index (χ2n) is 10.7. The summed E-state index contributed by atoms with van der Waals surface area (Å²) in [6.07, 6.45) is 7.73. The maximum Gasteiger partial charge on any atom is 0.255 e. The lowest BCUT2D eigenvalue weighted by Crippen LogP contribution is -2.13. The highest BCUT2D eigenvalue weighted by Crippen LogP contribution is 2.29. The van der Waals surface area contributed by atoms with Gasteiger partial charge in [-0.1, -0.05) is 18.2 Å². The first-order valence-electron chi connectivity index (χ1n) is 14.9. The van der Waals surface area contributed by atoms with Gasteiger partial charge in [0.1, 0.15) is 11.6 Å². The van der Waals surface area contributed by atoms with Crippen LogP contribution in [0.4, 0.5) is 23.0 Å². The number of ether oxygens (including phenoxy) is 2. The maximum atomic E-state index is 12.9. The highest BCUT2D eigenvalue weighted by Gasteiger charge is 2.11. The second-order valence-corrected chi connectivity index (χ2v) is 10.7. The van der Waals surface area contributed by atoms with E-state index >= 15 is 0 Å². The lowest BCUT2D eigenvalue weighted by Gasteiger charge is -2.11. The lowest BCUT2D eigenvalue weighted by molar-refractivity contribution is -0.111. The van der Waals surface area contributed by atoms with E-state index in [2.05, 4.69) is 20.9 Å². The molecule has 2 aromatic heterocycles. The normalized spacial score (nSPS) is 11.2. The van der Waals surface area contributed by atoms with Gasteiger partial charge in [-0.3, -0.25) is 9.59 Å². The fourth-order valence-electron chi connectivity index (χ4n) is 4.66. The van der Waals surface area contributed by atoms with E-state index in [1.807, 2.05) is 72.2 Å². The highest BCUT2D eigenvalue weighted by atomic mass is 16.5. The summed E-state index contributed by atoms with van der Waals surface area (Å²) in [6, 6.07) is 23.8. The smallest absolute Gasteiger partial charge is 0.255 e. The number of fused-ring (bicyclic) bond motifs is 1. The van der Waals surface area contributed by atoms with Gasteiger partial charge in [-0.15, -0.1) is 0 Å². The molecule has 5 rings (SSSR count). The van der Waals surface area contributed by atoms with Gasteiger partial charge in [-0.05, 0) is 80.8 Å². The van der Waals surface area contributed by atoms with E-state index < -0.39 is 0 Å². The van der Waals surface area contributed by atoms with Crippen LogP contribution in [0.3, 0.4) is 0 Å². The van der Waals surface area contributed by atoms with Gasteiger partial charge in [0.2, 0.25) is 11.9 Å². The van der Waals surface area contributed by atoms with E-state index in [9.17, 15) is 9.59 Å². The van der Waals surface area contributed by atoms with Crippen LogP contribution in [0.2, 0.25) is 0 Å². The fourth-order valence-corrected chi connectivity index (χ4v) is 4.66. The molecule has 11 nitrogen and oxygen atoms in total. The van der Waals surface area contributed by atoms with Gasteiger partial charge in [0.15, 0.2) is 0 Å². The van der Waals surface area contributed by atoms with Crippen LogP contribution in [-0.2, 0) is 9.53 Å². The predicted octanol–water partition coefficient (Wildman–Crippen LogP) is 5.89. The minimum atomic E-state index is -0.277. The molecule has 0 aliphatic heterocycles. The van der Waals surface area contributed by atoms with Crippen LogP contribution in [0.25, 0.3) is 16.7 Å². The Morgan fingerprint density at radius 1 is 0.913 bits per heavy atom. The van der Waals surface area contributed by atoms with E-state index in [-0.39, 0.29) is 11.8 Å². The zero-order valence-corrected chi connectivity index (χ0v) is 26.1. The number of amides is 2. The third-order valence-electron chi connectivity index (χ3n) is 6.86. The topological polar surface area (TPSA) is 123 Å². The van der Waals surface area contributed by atoms with Gasteiger partial charge in [-0.25, -0.2) is 4.98 Å². The van der Waals surface area contributed by atoms with Crippen LogP contribution in [0.5, 0.6) is 5.75 Å². The summed E-state index contributed by atoms with van der Waals surface area (Å²) in [5.74, 6) is 1.40. The number of nitrogens with zero attached hydrogens (tertiary/aromatic N) is 4. The maximum absolute atomic E-state index is 12.9. The van der Waals surface area contributed by atoms with Crippen molar-refractivity contribution in [3.05, 3.63) is 109 Å². The van der Waals surface area contributed by atoms with Gasteiger partial charge >= 0.3 is 0 Å². The Morgan fingerprint density at radius 2 is 1.72 bits per heavy atom. The number of hydrogen-bond donors (Lipinski definition) is 3. The first-order chi connectivity index (χ1) is 22.4. The molecular weight excluding hydrogens is 582 g/mol. The molecule has 236 valence electrons. The molecule has 0 bridgehead atoms. The Bertz CT molecular complexity index is 1820. The zero-order valence-electron chi connectivity index (χ0n) is 26.1. The number of hydrogen-bond acceptors (Lipinski definition) is 8. The van der Waals surface area contributed by atoms with E-state index in [1.165, 1.54) is 6.08 Å². The molecule has 3 N–H and O–H groups in total. The van der Waals surface area contributed by atoms with Gasteiger partial charge < -0.3 is 34.9 Å². The Kier molecular flexibility index (Phi) is 10.7. The quantitative estimate of drug-likeness (QED) is 0.104. The van der Waals surface area contributed by atoms with Crippen molar-refractivity contribution < 1.29 is 19.1 Å². The molecule has 0 radical (unpaired) electrons. The molecule has 0 unspecified atom stereocenters. The number of carbonyl (C=O) groups excluding carboxylic acids is 2. The summed E-state index contributed by atoms with van der Waals surface area (Å²) in [7, 11) is 5.54. The minimum absolute atomic E-state index is 0.229. The standard InChI is InChI=1S/C35H37N7O4/c1-41(2)20-6-12-33(43)37-26-15-13-25(14-16-26)34(44)38-27-8-4-9-28(24-27)39-35-36-19-17-32(40-35)42-21-18-29-30(42)10-5-11-31(29)46-23-7-22-45-3/h4-6,8-19,21,24H,7,20,22-23H2,1-3H3,(H,37,43)(H,38,44)(H,36,39,40)/b12-6+. The molecule has 11 heteroatoms. The average molecular weight is 620 g/mol. The lowest BCUT2D eigenvalue weighted by atomic mass is 10.2. The van der Waals surface area contributed by atoms with Gasteiger partial charge in [0.05, 0.1) is 12.1 Å². The molecule has 3 aromatic carbocycles. The van der Waals surface area contributed by atoms with E-state index in [0.717, 1.165) is 23.1 Å². The van der Waals surface area contributed by atoms with Crippen molar-refractivity contribution in [2.24, 2.45) is 0 Å². The van der Waals surface area contributed by atoms with Gasteiger partial charge in [0.25, 0.3) is 5.91 Å². The molecule has 0 atom stereocenters. The summed E-state index contributed by atoms with van der Waals surface area (Å²) in [4.78, 5) is 36.1. The predicted molar refractivity (Wildman–Crippen MR) is 181 cm³/mol. The molecule has 0 saturated carbocycles. The Labute approximate surface area is 267 Å². The van der Waals surface area contributed by atoms with Crippen LogP contribution in [-0.4, -0.2) is 72.2 Å². The molecular formula is C35H37N7O4. The average Bonchev–Trinajstić information content (AvgIpc) is 3.49. The van der Waals surface area contributed by atoms with Crippen molar-refractivity contribution >= 4 is 45.7 Å². The van der Waals surface area contributed by atoms with Crippen LogP contribution in [0, 0.1) is 0 Å². The highest BCUT2D eigenvalue weighted by molar-refractivity contribution is 6.05. The monoisotopic (exact) mass is 619 g/mol. The molecule has 0 saturated heterocycles. The molecule has 0 aliphatic rings. The van der Waals surface area contributed by atoms with Crippen molar-refractivity contribution in [3.63, 3.8) is 0 Å². The third kappa shape index (κ3) is 8.56. The molecule has 46 heavy (non-hydrogen) atoms. The fraction of sp³-hybridized carbons (Fsp3) is 0.200. The van der Waals surface area contributed by atoms with Crippen molar-refractivity contribution in [2.75, 3.05) is 56.9 Å². The number of likely N-dealkylation sites (N-methyl/N-ethyl adjacent to an activating group) is 1. The number of carbonyl (C=O) groups is 2. The summed E-state index contributed by atoms with van der Waals surface area (Å²) < 4.78 is 13.1. The van der Waals surface area contributed by atoms with Crippen LogP contribution < -0.4 is 20.7 Å². The zero-order chi connectivity index (χ0) is 32.3. The Balaban J connectivity index is 1.22. The minimum Gasteiger partial charge on any atom is -0.493 e. The van der Waals surface area contributed by atoms with Crippen LogP contribution in [0.1, 0.15) is 16.8 Å². The van der Waals surface area contributed by atoms with Crippen LogP contribution >= 0.6 is 0 Å². The molecule has 2 amide bonds. The first kappa shape index (κ1) is 31.9. The number of nitrogens with one attached hydrogen (secondary N) is 3. The summed E-state index contributed by atoms with van der Waals surface area (Å²) >= 11 is 0. The van der Waals surface area contributed by atoms with Crippen molar-refractivity contribution in [2.45, 2.75) is 6.42 Å². The Hall–Kier alpha value is -5.52. The number of benzene rings is 3. The molecule has 2 heterocycles. The van der Waals surface area contributed by atoms with Crippen LogP contribution in [0.15, 0.2) is 103 Å². The molecule has 0 fully saturated rings. The van der Waals surface area contributed by atoms with Gasteiger partial charge in [-0.2, -0.15) is 4.98 Å². The number of anilines is 4. The van der Waals surface area contributed by atoms with Gasteiger partial charge in [0, 0.05) is 73.2 Å². The van der Waals surface area contributed by atoms with Crippen molar-refractivity contribution in [1.82, 2.24) is 19.4 Å². The largest absolute Gasteiger partial charge is 0.493 e. The first-order valence-corrected chi connectivity index (χ1v) is 14.9. The SMILES string of the molecule is COCCCOc1cccc2c1ccn2-c1ccnc(Nc2cccc(NC(=O)c3ccc(NC(=O)/C=C/CN(C)C)cc3)c2)n1. The summed E-state index contributed by atoms with van der Waals surface area (Å²) in [5.41, 5.74) is 3.33. The van der Waals surface area contributed by atoms with E-state index in [0.29, 0.717) is 54.2 Å². The molecule has 5 aromatic rings. The Morgan fingerprint density at radius 3 is 2.52 bits per heavy atom. The second kappa shape index (κ2) is 15.5. The van der Waals surface area contributed by atoms with Crippen molar-refractivity contribution in [1.29, 1.82) is 0 Å². The number of rotatable bonds is 14. The van der Waals surface area contributed by atoms with E-state index in [4.69, 9.17) is 14.5 Å². The van der Waals surface area contributed by atoms with Crippen molar-refractivity contribution in [3.8, 4) is 11.6 Å². The molecule has 0 aliphatic carbocycles. The molecule has 0 spiro atoms. The number of aromatic nitrogens is 3. The number of methoxy groups -OCH3 is 1. The third-order valence-corrected chi connectivity index (χ3v) is 6.86. The van der Waals surface area contributed by atoms with E-state index in [1.54, 1.807) is 55.8 Å².